The van der Waals surface area contributed by atoms with Crippen molar-refractivity contribution in [3.05, 3.63) is 80.7 Å². The molecule has 1 aliphatic rings. The molecule has 2 amide bonds. The van der Waals surface area contributed by atoms with Gasteiger partial charge in [-0.15, -0.1) is 22.7 Å². The van der Waals surface area contributed by atoms with Gasteiger partial charge in [-0.3, -0.25) is 14.9 Å². The molecule has 2 aromatic heterocycles. The van der Waals surface area contributed by atoms with Crippen molar-refractivity contribution in [2.45, 2.75) is 13.0 Å². The highest BCUT2D eigenvalue weighted by atomic mass is 32.1. The first-order chi connectivity index (χ1) is 17.4. The molecule has 4 aromatic rings. The molecule has 2 aromatic carbocycles. The summed E-state index contributed by atoms with van der Waals surface area (Å²) >= 11 is 2.97. The summed E-state index contributed by atoms with van der Waals surface area (Å²) in [6.07, 6.45) is 3.11. The Labute approximate surface area is 213 Å². The molecule has 9 nitrogen and oxygen atoms in total. The molecular weight excluding hydrogens is 500 g/mol. The Kier molecular flexibility index (Phi) is 6.49. The fourth-order valence-corrected chi connectivity index (χ4v) is 6.43. The van der Waals surface area contributed by atoms with Gasteiger partial charge in [-0.1, -0.05) is 24.3 Å². The minimum atomic E-state index is -0.477. The number of rotatable bonds is 5. The molecule has 1 aliphatic heterocycles. The Bertz CT molecular complexity index is 1490. The van der Waals surface area contributed by atoms with Crippen LogP contribution in [0.4, 0.5) is 15.5 Å². The van der Waals surface area contributed by atoms with Crippen LogP contribution in [0.1, 0.15) is 16.0 Å². The van der Waals surface area contributed by atoms with Crippen LogP contribution in [0.3, 0.4) is 0 Å². The molecule has 0 unspecified atom stereocenters. The first-order valence-corrected chi connectivity index (χ1v) is 12.6. The third-order valence-corrected chi connectivity index (χ3v) is 7.93. The highest BCUT2D eigenvalue weighted by Crippen LogP contribution is 2.45. The minimum Gasteiger partial charge on any atom is -0.453 e. The van der Waals surface area contributed by atoms with E-state index in [9.17, 15) is 19.7 Å². The molecule has 0 spiro atoms. The quantitative estimate of drug-likeness (QED) is 0.205. The van der Waals surface area contributed by atoms with Crippen molar-refractivity contribution in [1.29, 1.82) is 0 Å². The van der Waals surface area contributed by atoms with Crippen molar-refractivity contribution < 1.29 is 19.2 Å². The maximum absolute atomic E-state index is 12.9. The lowest BCUT2D eigenvalue weighted by Gasteiger charge is -2.25. The third kappa shape index (κ3) is 4.70. The van der Waals surface area contributed by atoms with Gasteiger partial charge in [0.1, 0.15) is 10.0 Å². The number of amides is 2. The second-order valence-corrected chi connectivity index (χ2v) is 10.1. The van der Waals surface area contributed by atoms with Gasteiger partial charge in [0, 0.05) is 35.2 Å². The summed E-state index contributed by atoms with van der Waals surface area (Å²) in [7, 11) is 1.36. The number of ether oxygens (including phenoxy) is 1. The molecule has 0 radical (unpaired) electrons. The molecule has 182 valence electrons. The SMILES string of the molecule is COC(=O)N1CCc2c(sc(NC(=O)/C=C/c3cccc([N+](=O)[O-])c3)c2-c2nc3ccccc3s2)C1. The van der Waals surface area contributed by atoms with Gasteiger partial charge >= 0.3 is 6.09 Å². The molecule has 11 heteroatoms. The van der Waals surface area contributed by atoms with Crippen molar-refractivity contribution in [3.8, 4) is 10.6 Å². The number of non-ortho nitro benzene ring substituents is 1. The molecule has 36 heavy (non-hydrogen) atoms. The summed E-state index contributed by atoms with van der Waals surface area (Å²) < 4.78 is 5.93. The van der Waals surface area contributed by atoms with Crippen LogP contribution in [0.5, 0.6) is 0 Å². The topological polar surface area (TPSA) is 115 Å². The Morgan fingerprint density at radius 3 is 2.81 bits per heavy atom. The Hall–Kier alpha value is -4.09. The van der Waals surface area contributed by atoms with Crippen molar-refractivity contribution in [2.75, 3.05) is 19.0 Å². The zero-order valence-corrected chi connectivity index (χ0v) is 20.7. The number of nitro benzene ring substituents is 1. The van der Waals surface area contributed by atoms with Gasteiger partial charge in [-0.25, -0.2) is 9.78 Å². The summed E-state index contributed by atoms with van der Waals surface area (Å²) in [5.41, 5.74) is 3.32. The average Bonchev–Trinajstić information content (AvgIpc) is 3.47. The largest absolute Gasteiger partial charge is 0.453 e. The molecule has 0 fully saturated rings. The predicted octanol–water partition coefficient (Wildman–Crippen LogP) is 5.71. The molecule has 0 saturated heterocycles. The van der Waals surface area contributed by atoms with E-state index < -0.39 is 4.92 Å². The van der Waals surface area contributed by atoms with Crippen LogP contribution >= 0.6 is 22.7 Å². The molecule has 0 aliphatic carbocycles. The van der Waals surface area contributed by atoms with Gasteiger partial charge in [-0.2, -0.15) is 0 Å². The van der Waals surface area contributed by atoms with Crippen molar-refractivity contribution in [1.82, 2.24) is 9.88 Å². The van der Waals surface area contributed by atoms with E-state index in [-0.39, 0.29) is 17.7 Å². The van der Waals surface area contributed by atoms with Crippen molar-refractivity contribution in [2.24, 2.45) is 0 Å². The van der Waals surface area contributed by atoms with Gasteiger partial charge in [-0.05, 0) is 35.8 Å². The number of nitro groups is 1. The molecule has 0 saturated carbocycles. The zero-order chi connectivity index (χ0) is 25.2. The van der Waals surface area contributed by atoms with Crippen LogP contribution in [0.15, 0.2) is 54.6 Å². The van der Waals surface area contributed by atoms with Crippen molar-refractivity contribution >= 4 is 61.7 Å². The molecule has 1 N–H and O–H groups in total. The average molecular weight is 521 g/mol. The number of para-hydroxylation sites is 1. The lowest BCUT2D eigenvalue weighted by molar-refractivity contribution is -0.384. The maximum atomic E-state index is 12.9. The van der Waals surface area contributed by atoms with Crippen LogP contribution in [-0.4, -0.2) is 40.5 Å². The zero-order valence-electron chi connectivity index (χ0n) is 19.1. The fraction of sp³-hybridized carbons (Fsp3) is 0.160. The molecule has 0 bridgehead atoms. The van der Waals surface area contributed by atoms with Crippen LogP contribution in [0.25, 0.3) is 26.9 Å². The van der Waals surface area contributed by atoms with E-state index in [1.807, 2.05) is 24.3 Å². The number of carbonyl (C=O) groups excluding carboxylic acids is 2. The van der Waals surface area contributed by atoms with Crippen LogP contribution in [0.2, 0.25) is 0 Å². The monoisotopic (exact) mass is 520 g/mol. The minimum absolute atomic E-state index is 0.0447. The number of thiophene rings is 1. The van der Waals surface area contributed by atoms with E-state index >= 15 is 0 Å². The number of nitrogens with zero attached hydrogens (tertiary/aromatic N) is 3. The lowest BCUT2D eigenvalue weighted by Crippen LogP contribution is -2.35. The number of carbonyl (C=O) groups is 2. The third-order valence-electron chi connectivity index (χ3n) is 5.74. The van der Waals surface area contributed by atoms with Gasteiger partial charge in [0.05, 0.1) is 28.8 Å². The molecular formula is C25H20N4O5S2. The molecule has 3 heterocycles. The maximum Gasteiger partial charge on any atom is 0.409 e. The summed E-state index contributed by atoms with van der Waals surface area (Å²) in [6.45, 7) is 0.901. The number of hydrogen-bond acceptors (Lipinski definition) is 8. The summed E-state index contributed by atoms with van der Waals surface area (Å²) in [4.78, 5) is 42.9. The standard InChI is InChI=1S/C25H20N4O5S2/c1-34-25(31)28-12-11-17-20(14-28)36-24(22(17)23-26-18-7-2-3-8-19(18)35-23)27-21(30)10-9-15-5-4-6-16(13-15)29(32)33/h2-10,13H,11-12,14H2,1H3,(H,27,30)/b10-9+. The van der Waals surface area contributed by atoms with Gasteiger partial charge in [0.15, 0.2) is 0 Å². The normalized spacial score (nSPS) is 13.1. The molecule has 5 rings (SSSR count). The Morgan fingerprint density at radius 1 is 1.19 bits per heavy atom. The first-order valence-electron chi connectivity index (χ1n) is 11.0. The summed E-state index contributed by atoms with van der Waals surface area (Å²) in [6, 6.07) is 13.9. The summed E-state index contributed by atoms with van der Waals surface area (Å²) in [5, 5.41) is 15.4. The summed E-state index contributed by atoms with van der Waals surface area (Å²) in [5.74, 6) is -0.368. The number of anilines is 1. The smallest absolute Gasteiger partial charge is 0.409 e. The number of thiazole rings is 1. The van der Waals surface area contributed by atoms with E-state index in [1.54, 1.807) is 28.4 Å². The number of nitrogens with one attached hydrogen (secondary N) is 1. The van der Waals surface area contributed by atoms with E-state index in [2.05, 4.69) is 5.32 Å². The van der Waals surface area contributed by atoms with Gasteiger partial charge < -0.3 is 15.0 Å². The van der Waals surface area contributed by atoms with E-state index in [0.29, 0.717) is 30.1 Å². The van der Waals surface area contributed by atoms with Crippen LogP contribution in [-0.2, 0) is 22.5 Å². The van der Waals surface area contributed by atoms with E-state index in [0.717, 1.165) is 31.2 Å². The number of benzene rings is 2. The van der Waals surface area contributed by atoms with E-state index in [1.165, 1.54) is 42.7 Å². The van der Waals surface area contributed by atoms with Gasteiger partial charge in [0.2, 0.25) is 5.91 Å². The van der Waals surface area contributed by atoms with Crippen molar-refractivity contribution in [3.63, 3.8) is 0 Å². The Morgan fingerprint density at radius 2 is 2.03 bits per heavy atom. The highest BCUT2D eigenvalue weighted by molar-refractivity contribution is 7.23. The number of hydrogen-bond donors (Lipinski definition) is 1. The molecule has 0 atom stereocenters. The lowest BCUT2D eigenvalue weighted by atomic mass is 10.0. The van der Waals surface area contributed by atoms with Crippen LogP contribution in [0, 0.1) is 10.1 Å². The van der Waals surface area contributed by atoms with Gasteiger partial charge in [0.25, 0.3) is 5.69 Å². The van der Waals surface area contributed by atoms with Crippen LogP contribution < -0.4 is 5.32 Å². The number of fused-ring (bicyclic) bond motifs is 2. The first kappa shape index (κ1) is 23.6. The second-order valence-electron chi connectivity index (χ2n) is 8.01. The van der Waals surface area contributed by atoms with E-state index in [4.69, 9.17) is 9.72 Å². The highest BCUT2D eigenvalue weighted by Gasteiger charge is 2.29. The fourth-order valence-electron chi connectivity index (χ4n) is 4.05. The number of aromatic nitrogens is 1. The second kappa shape index (κ2) is 9.88. The Balaban J connectivity index is 1.48. The number of methoxy groups -OCH3 is 1. The predicted molar refractivity (Wildman–Crippen MR) is 140 cm³/mol.